The van der Waals surface area contributed by atoms with Gasteiger partial charge in [-0.05, 0) is 13.8 Å². The van der Waals surface area contributed by atoms with Gasteiger partial charge in [-0.3, -0.25) is 12.9 Å². The van der Waals surface area contributed by atoms with Gasteiger partial charge in [0.15, 0.2) is 0 Å². The molecule has 9 heteroatoms. The molecule has 0 aliphatic rings. The SMILES string of the molecule is CCOCC.FB(F)F.[Al+3].[Cl-].[Cl-].[Cl-]. The second-order valence-electron chi connectivity index (χ2n) is 1.03. The zero-order valence-corrected chi connectivity index (χ0v) is 10.7. The maximum Gasteiger partial charge on any atom is 3.00 e. The fraction of sp³-hybridized carbons (Fsp3) is 1.00. The first-order valence-corrected chi connectivity index (χ1v) is 2.65. The van der Waals surface area contributed by atoms with Gasteiger partial charge < -0.3 is 42.0 Å². The Morgan fingerprint density at radius 1 is 0.923 bits per heavy atom. The minimum atomic E-state index is -3.67. The Bertz CT molecular complexity index is 54.9. The Kier molecular flexibility index (Phi) is 107. The van der Waals surface area contributed by atoms with Gasteiger partial charge in [0.1, 0.15) is 0 Å². The van der Waals surface area contributed by atoms with Crippen molar-refractivity contribution in [1.82, 2.24) is 0 Å². The molecule has 0 unspecified atom stereocenters. The van der Waals surface area contributed by atoms with Gasteiger partial charge in [0.25, 0.3) is 0 Å². The molecular weight excluding hydrogens is 265 g/mol. The Balaban J connectivity index is -0.0000000146. The number of hydrogen-bond donors (Lipinski definition) is 0. The third-order valence-electron chi connectivity index (χ3n) is 0.408. The van der Waals surface area contributed by atoms with Gasteiger partial charge in [0.2, 0.25) is 0 Å². The first kappa shape index (κ1) is 36.8. The van der Waals surface area contributed by atoms with Gasteiger partial charge in [-0.1, -0.05) is 0 Å². The van der Waals surface area contributed by atoms with Gasteiger partial charge in [0, 0.05) is 13.2 Å². The second-order valence-corrected chi connectivity index (χ2v) is 1.03. The van der Waals surface area contributed by atoms with E-state index in [1.165, 1.54) is 0 Å². The third kappa shape index (κ3) is 161. The number of rotatable bonds is 2. The van der Waals surface area contributed by atoms with Crippen molar-refractivity contribution >= 4 is 24.9 Å². The molecule has 0 saturated carbocycles. The summed E-state index contributed by atoms with van der Waals surface area (Å²) in [6.45, 7) is 5.67. The second kappa shape index (κ2) is 37.9. The van der Waals surface area contributed by atoms with Crippen LogP contribution in [0.2, 0.25) is 0 Å². The summed E-state index contributed by atoms with van der Waals surface area (Å²) in [5.41, 5.74) is 0. The summed E-state index contributed by atoms with van der Waals surface area (Å²) in [4.78, 5) is 0. The van der Waals surface area contributed by atoms with Gasteiger partial charge in [-0.15, -0.1) is 0 Å². The fourth-order valence-corrected chi connectivity index (χ4v) is 0.204. The fourth-order valence-electron chi connectivity index (χ4n) is 0.204. The Morgan fingerprint density at radius 2 is 1.08 bits per heavy atom. The largest absolute Gasteiger partial charge is 3.00 e. The van der Waals surface area contributed by atoms with Crippen LogP contribution in [0.5, 0.6) is 0 Å². The molecule has 0 aromatic rings. The van der Waals surface area contributed by atoms with E-state index in [4.69, 9.17) is 4.74 Å². The first-order chi connectivity index (χ1) is 4.15. The Morgan fingerprint density at radius 3 is 1.08 bits per heavy atom. The number of ether oxygens (including phenoxy) is 1. The molecule has 0 spiro atoms. The van der Waals surface area contributed by atoms with Crippen LogP contribution in [0.4, 0.5) is 12.9 Å². The molecule has 13 heavy (non-hydrogen) atoms. The van der Waals surface area contributed by atoms with Crippen molar-refractivity contribution in [3.8, 4) is 0 Å². The van der Waals surface area contributed by atoms with E-state index in [0.717, 1.165) is 13.2 Å². The number of halogens is 6. The van der Waals surface area contributed by atoms with E-state index in [9.17, 15) is 12.9 Å². The third-order valence-corrected chi connectivity index (χ3v) is 0.408. The molecule has 0 aromatic carbocycles. The van der Waals surface area contributed by atoms with Crippen LogP contribution < -0.4 is 37.2 Å². The molecule has 0 bridgehead atoms. The minimum absolute atomic E-state index is 0. The molecule has 0 amide bonds. The van der Waals surface area contributed by atoms with Gasteiger partial charge in [0.05, 0.1) is 0 Å². The van der Waals surface area contributed by atoms with E-state index < -0.39 is 7.54 Å². The molecule has 0 heterocycles. The van der Waals surface area contributed by atoms with Gasteiger partial charge in [-0.2, -0.15) is 0 Å². The molecule has 0 radical (unpaired) electrons. The van der Waals surface area contributed by atoms with Crippen LogP contribution in [0, 0.1) is 0 Å². The minimum Gasteiger partial charge on any atom is -1.00 e. The summed E-state index contributed by atoms with van der Waals surface area (Å²) in [7, 11) is -3.67. The average Bonchev–Trinajstić information content (AvgIpc) is 1.66. The molecule has 80 valence electrons. The Labute approximate surface area is 107 Å². The summed E-state index contributed by atoms with van der Waals surface area (Å²) < 4.78 is 33.8. The summed E-state index contributed by atoms with van der Waals surface area (Å²) in [5.74, 6) is 0. The summed E-state index contributed by atoms with van der Waals surface area (Å²) in [6, 6.07) is 0. The van der Waals surface area contributed by atoms with Crippen molar-refractivity contribution in [3.63, 3.8) is 0 Å². The van der Waals surface area contributed by atoms with Crippen molar-refractivity contribution in [3.05, 3.63) is 0 Å². The maximum atomic E-state index is 9.67. The molecule has 0 aliphatic carbocycles. The van der Waals surface area contributed by atoms with E-state index in [1.54, 1.807) is 0 Å². The monoisotopic (exact) mass is 274 g/mol. The maximum absolute atomic E-state index is 9.67. The standard InChI is InChI=1S/C4H10O.Al.BF3.3ClH/c1-3-5-4-2;;2-1(3)4;;;/h3-4H2,1-2H3;;;3*1H/q;+3;;;;/p-3. The smallest absolute Gasteiger partial charge is 1.00 e. The van der Waals surface area contributed by atoms with Crippen LogP contribution in [0.1, 0.15) is 13.8 Å². The molecule has 0 rings (SSSR count). The first-order valence-electron chi connectivity index (χ1n) is 2.65. The van der Waals surface area contributed by atoms with Crippen LogP contribution in [-0.4, -0.2) is 38.1 Å². The van der Waals surface area contributed by atoms with Crippen LogP contribution in [0.15, 0.2) is 0 Å². The normalized spacial score (nSPS) is 5.31. The van der Waals surface area contributed by atoms with Crippen molar-refractivity contribution in [2.75, 3.05) is 13.2 Å². The van der Waals surface area contributed by atoms with Crippen molar-refractivity contribution < 1.29 is 54.9 Å². The van der Waals surface area contributed by atoms with Crippen LogP contribution in [-0.2, 0) is 4.74 Å². The van der Waals surface area contributed by atoms with Crippen LogP contribution in [0.3, 0.4) is 0 Å². The summed E-state index contributed by atoms with van der Waals surface area (Å²) in [6.07, 6.45) is 0. The quantitative estimate of drug-likeness (QED) is 0.455. The zero-order chi connectivity index (χ0) is 7.70. The summed E-state index contributed by atoms with van der Waals surface area (Å²) >= 11 is 0. The van der Waals surface area contributed by atoms with Gasteiger partial charge in [-0.25, -0.2) is 0 Å². The van der Waals surface area contributed by atoms with E-state index in [-0.39, 0.29) is 54.6 Å². The predicted octanol–water partition coefficient (Wildman–Crippen LogP) is -7.45. The topological polar surface area (TPSA) is 9.23 Å². The molecular formula is C4H10AlBCl3F3O. The zero-order valence-electron chi connectivity index (χ0n) is 7.24. The summed E-state index contributed by atoms with van der Waals surface area (Å²) in [5, 5.41) is 0. The van der Waals surface area contributed by atoms with Crippen molar-refractivity contribution in [1.29, 1.82) is 0 Å². The molecule has 0 aliphatic heterocycles. The predicted molar refractivity (Wildman–Crippen MR) is 37.0 cm³/mol. The van der Waals surface area contributed by atoms with E-state index in [2.05, 4.69) is 0 Å². The Hall–Kier alpha value is 1.22. The molecule has 0 N–H and O–H groups in total. The van der Waals surface area contributed by atoms with E-state index in [1.807, 2.05) is 13.8 Å². The van der Waals surface area contributed by atoms with Crippen LogP contribution in [0.25, 0.3) is 0 Å². The molecule has 1 nitrogen and oxygen atoms in total. The molecule has 0 atom stereocenters. The van der Waals surface area contributed by atoms with Crippen molar-refractivity contribution in [2.24, 2.45) is 0 Å². The van der Waals surface area contributed by atoms with E-state index >= 15 is 0 Å². The number of hydrogen-bond acceptors (Lipinski definition) is 1. The average molecular weight is 275 g/mol. The molecule has 0 saturated heterocycles. The van der Waals surface area contributed by atoms with Gasteiger partial charge >= 0.3 is 24.9 Å². The molecule has 0 fully saturated rings. The van der Waals surface area contributed by atoms with Crippen LogP contribution >= 0.6 is 0 Å². The molecule has 0 aromatic heterocycles. The van der Waals surface area contributed by atoms with Crippen molar-refractivity contribution in [2.45, 2.75) is 13.8 Å². The van der Waals surface area contributed by atoms with E-state index in [0.29, 0.717) is 0 Å².